The largest absolute Gasteiger partial charge is 0.396 e. The first kappa shape index (κ1) is 14.4. The van der Waals surface area contributed by atoms with E-state index in [4.69, 9.17) is 5.11 Å². The van der Waals surface area contributed by atoms with Gasteiger partial charge in [0.15, 0.2) is 0 Å². The normalized spacial score (nSPS) is 13.9. The first-order valence-corrected chi connectivity index (χ1v) is 7.57. The number of hydrogen-bond acceptors (Lipinski definition) is 4. The van der Waals surface area contributed by atoms with Crippen LogP contribution in [0.1, 0.15) is 38.8 Å². The van der Waals surface area contributed by atoms with Crippen molar-refractivity contribution in [1.29, 1.82) is 0 Å². The number of fused-ring (bicyclic) bond motifs is 1. The monoisotopic (exact) mass is 278 g/mol. The Bertz CT molecular complexity index is 536. The zero-order valence-corrected chi connectivity index (χ0v) is 12.6. The molecule has 1 unspecified atom stereocenters. The molecule has 0 aliphatic carbocycles. The van der Waals surface area contributed by atoms with E-state index >= 15 is 0 Å². The Kier molecular flexibility index (Phi) is 4.55. The number of aliphatic hydroxyl groups is 1. The molecule has 0 bridgehead atoms. The van der Waals surface area contributed by atoms with Crippen LogP contribution in [-0.4, -0.2) is 23.2 Å². The van der Waals surface area contributed by atoms with Crippen molar-refractivity contribution in [2.75, 3.05) is 13.2 Å². The Morgan fingerprint density at radius 3 is 3.00 bits per heavy atom. The minimum atomic E-state index is 0.115. The summed E-state index contributed by atoms with van der Waals surface area (Å²) in [6, 6.07) is 4.53. The number of nitrogens with zero attached hydrogens (tertiary/aromatic N) is 1. The molecule has 104 valence electrons. The summed E-state index contributed by atoms with van der Waals surface area (Å²) in [6.07, 6.45) is 2.76. The molecule has 0 spiro atoms. The lowest BCUT2D eigenvalue weighted by Crippen LogP contribution is -2.32. The van der Waals surface area contributed by atoms with Crippen LogP contribution in [0.15, 0.2) is 23.7 Å². The van der Waals surface area contributed by atoms with Crippen molar-refractivity contribution < 1.29 is 5.11 Å². The Labute approximate surface area is 118 Å². The molecule has 0 amide bonds. The average Bonchev–Trinajstić information content (AvgIpc) is 2.83. The van der Waals surface area contributed by atoms with E-state index in [-0.39, 0.29) is 18.1 Å². The lowest BCUT2D eigenvalue weighted by atomic mass is 9.89. The summed E-state index contributed by atoms with van der Waals surface area (Å²) < 4.78 is 1.24. The summed E-state index contributed by atoms with van der Waals surface area (Å²) >= 11 is 1.73. The summed E-state index contributed by atoms with van der Waals surface area (Å²) in [4.78, 5) is 4.47. The molecule has 0 saturated heterocycles. The van der Waals surface area contributed by atoms with Gasteiger partial charge in [0, 0.05) is 25.4 Å². The molecular formula is C15H22N2OS. The van der Waals surface area contributed by atoms with Crippen molar-refractivity contribution in [3.8, 4) is 0 Å². The molecule has 2 aromatic rings. The molecule has 19 heavy (non-hydrogen) atoms. The fourth-order valence-corrected chi connectivity index (χ4v) is 2.83. The van der Waals surface area contributed by atoms with E-state index in [9.17, 15) is 0 Å². The predicted molar refractivity (Wildman–Crippen MR) is 81.5 cm³/mol. The smallest absolute Gasteiger partial charge is 0.0809 e. The minimum Gasteiger partial charge on any atom is -0.396 e. The lowest BCUT2D eigenvalue weighted by Gasteiger charge is -2.26. The highest BCUT2D eigenvalue weighted by molar-refractivity contribution is 7.17. The van der Waals surface area contributed by atoms with Gasteiger partial charge in [-0.1, -0.05) is 13.8 Å². The van der Waals surface area contributed by atoms with E-state index in [2.05, 4.69) is 42.5 Å². The highest BCUT2D eigenvalue weighted by Crippen LogP contribution is 2.24. The van der Waals surface area contributed by atoms with E-state index in [1.54, 1.807) is 11.3 Å². The van der Waals surface area contributed by atoms with Crippen LogP contribution >= 0.6 is 11.3 Å². The van der Waals surface area contributed by atoms with Crippen LogP contribution in [0.5, 0.6) is 0 Å². The van der Waals surface area contributed by atoms with Gasteiger partial charge < -0.3 is 10.4 Å². The second-order valence-electron chi connectivity index (χ2n) is 5.81. The topological polar surface area (TPSA) is 45.1 Å². The van der Waals surface area contributed by atoms with Crippen LogP contribution < -0.4 is 5.32 Å². The summed E-state index contributed by atoms with van der Waals surface area (Å²) in [5.74, 6) is 0. The van der Waals surface area contributed by atoms with Gasteiger partial charge in [0.05, 0.1) is 10.2 Å². The third kappa shape index (κ3) is 3.75. The summed E-state index contributed by atoms with van der Waals surface area (Å²) in [7, 11) is 0. The van der Waals surface area contributed by atoms with Gasteiger partial charge in [-0.25, -0.2) is 0 Å². The first-order valence-electron chi connectivity index (χ1n) is 6.69. The Balaban J connectivity index is 2.01. The van der Waals surface area contributed by atoms with Crippen LogP contribution in [0.2, 0.25) is 0 Å². The average molecular weight is 278 g/mol. The van der Waals surface area contributed by atoms with E-state index < -0.39 is 0 Å². The first-order chi connectivity index (χ1) is 9.02. The van der Waals surface area contributed by atoms with Crippen LogP contribution in [0, 0.1) is 5.41 Å². The molecule has 0 aromatic carbocycles. The molecule has 2 heterocycles. The molecule has 2 rings (SSSR count). The van der Waals surface area contributed by atoms with Crippen LogP contribution in [-0.2, 0) is 0 Å². The van der Waals surface area contributed by atoms with E-state index in [1.807, 2.05) is 12.3 Å². The van der Waals surface area contributed by atoms with Gasteiger partial charge >= 0.3 is 0 Å². The van der Waals surface area contributed by atoms with Gasteiger partial charge in [0.25, 0.3) is 0 Å². The fourth-order valence-electron chi connectivity index (χ4n) is 2.04. The molecule has 2 N–H and O–H groups in total. The van der Waals surface area contributed by atoms with Crippen molar-refractivity contribution in [3.05, 3.63) is 29.3 Å². The minimum absolute atomic E-state index is 0.115. The molecule has 1 atom stereocenters. The zero-order valence-electron chi connectivity index (χ0n) is 11.8. The third-order valence-electron chi connectivity index (χ3n) is 3.50. The predicted octanol–water partition coefficient (Wildman–Crippen LogP) is 3.36. The van der Waals surface area contributed by atoms with Gasteiger partial charge in [-0.05, 0) is 41.8 Å². The molecule has 0 fully saturated rings. The van der Waals surface area contributed by atoms with Crippen LogP contribution in [0.4, 0.5) is 0 Å². The van der Waals surface area contributed by atoms with Crippen molar-refractivity contribution >= 4 is 21.6 Å². The molecule has 0 saturated carbocycles. The number of aromatic nitrogens is 1. The summed E-state index contributed by atoms with van der Waals surface area (Å²) in [5, 5.41) is 14.7. The van der Waals surface area contributed by atoms with Crippen LogP contribution in [0.25, 0.3) is 10.2 Å². The molecule has 2 aromatic heterocycles. The van der Waals surface area contributed by atoms with Crippen LogP contribution in [0.3, 0.4) is 0 Å². The summed E-state index contributed by atoms with van der Waals surface area (Å²) in [5.41, 5.74) is 2.40. The quantitative estimate of drug-likeness (QED) is 0.851. The van der Waals surface area contributed by atoms with Gasteiger partial charge in [-0.15, -0.1) is 11.3 Å². The standard InChI is InChI=1S/C15H22N2OS/c1-11(17-10-15(2,3)5-6-18)12-8-14-13(16-9-12)4-7-19-14/h4,7-9,11,17-18H,5-6,10H2,1-3H3. The Morgan fingerprint density at radius 1 is 1.47 bits per heavy atom. The van der Waals surface area contributed by atoms with Crippen molar-refractivity contribution in [2.45, 2.75) is 33.2 Å². The number of aliphatic hydroxyl groups excluding tert-OH is 1. The summed E-state index contributed by atoms with van der Waals surface area (Å²) in [6.45, 7) is 7.63. The Morgan fingerprint density at radius 2 is 2.26 bits per heavy atom. The van der Waals surface area contributed by atoms with Crippen molar-refractivity contribution in [3.63, 3.8) is 0 Å². The molecule has 3 nitrogen and oxygen atoms in total. The van der Waals surface area contributed by atoms with Gasteiger partial charge in [-0.3, -0.25) is 4.98 Å². The second-order valence-corrected chi connectivity index (χ2v) is 6.76. The van der Waals surface area contributed by atoms with Crippen molar-refractivity contribution in [1.82, 2.24) is 10.3 Å². The molecular weight excluding hydrogens is 256 g/mol. The van der Waals surface area contributed by atoms with Gasteiger partial charge in [-0.2, -0.15) is 0 Å². The SMILES string of the molecule is CC(NCC(C)(C)CCO)c1cnc2ccsc2c1. The Hall–Kier alpha value is -0.970. The van der Waals surface area contributed by atoms with Gasteiger partial charge in [0.2, 0.25) is 0 Å². The number of nitrogens with one attached hydrogen (secondary N) is 1. The molecule has 0 radical (unpaired) electrons. The molecule has 4 heteroatoms. The third-order valence-corrected chi connectivity index (χ3v) is 4.35. The highest BCUT2D eigenvalue weighted by Gasteiger charge is 2.18. The number of pyridine rings is 1. The maximum Gasteiger partial charge on any atom is 0.0809 e. The molecule has 0 aliphatic heterocycles. The highest BCUT2D eigenvalue weighted by atomic mass is 32.1. The van der Waals surface area contributed by atoms with E-state index in [0.29, 0.717) is 0 Å². The lowest BCUT2D eigenvalue weighted by molar-refractivity contribution is 0.203. The maximum atomic E-state index is 9.04. The number of rotatable bonds is 6. The second kappa shape index (κ2) is 5.99. The van der Waals surface area contributed by atoms with Gasteiger partial charge in [0.1, 0.15) is 0 Å². The van der Waals surface area contributed by atoms with E-state index in [1.165, 1.54) is 10.3 Å². The fraction of sp³-hybridized carbons (Fsp3) is 0.533. The maximum absolute atomic E-state index is 9.04. The van der Waals surface area contributed by atoms with Crippen molar-refractivity contribution in [2.24, 2.45) is 5.41 Å². The number of thiophene rings is 1. The number of hydrogen-bond donors (Lipinski definition) is 2. The van der Waals surface area contributed by atoms with E-state index in [0.717, 1.165) is 18.5 Å². The molecule has 0 aliphatic rings. The zero-order chi connectivity index (χ0) is 13.9.